The van der Waals surface area contributed by atoms with Gasteiger partial charge in [-0.15, -0.1) is 0 Å². The highest BCUT2D eigenvalue weighted by Gasteiger charge is 2.14. The van der Waals surface area contributed by atoms with Crippen molar-refractivity contribution in [2.24, 2.45) is 0 Å². The third-order valence-corrected chi connectivity index (χ3v) is 4.44. The normalized spacial score (nSPS) is 12.2. The highest BCUT2D eigenvalue weighted by Crippen LogP contribution is 2.29. The molecule has 1 unspecified atom stereocenters. The van der Waals surface area contributed by atoms with Crippen LogP contribution in [0.5, 0.6) is 5.75 Å². The minimum Gasteiger partial charge on any atom is -0.494 e. The van der Waals surface area contributed by atoms with Crippen LogP contribution in [0.2, 0.25) is 5.02 Å². The molecule has 0 aliphatic carbocycles. The molecule has 1 atom stereocenters. The van der Waals surface area contributed by atoms with Crippen LogP contribution in [0, 0.1) is 0 Å². The average Bonchev–Trinajstić information content (AvgIpc) is 2.49. The Hall–Kier alpha value is -1.03. The first-order valence-electron chi connectivity index (χ1n) is 7.06. The Morgan fingerprint density at radius 2 is 1.76 bits per heavy atom. The van der Waals surface area contributed by atoms with Gasteiger partial charge in [-0.05, 0) is 64.8 Å². The van der Waals surface area contributed by atoms with E-state index in [1.807, 2.05) is 31.2 Å². The fourth-order valence-electron chi connectivity index (χ4n) is 2.25. The summed E-state index contributed by atoms with van der Waals surface area (Å²) in [5.41, 5.74) is 2.34. The van der Waals surface area contributed by atoms with Crippen molar-refractivity contribution in [1.82, 2.24) is 5.32 Å². The van der Waals surface area contributed by atoms with E-state index >= 15 is 0 Å². The van der Waals surface area contributed by atoms with Crippen LogP contribution in [0.15, 0.2) is 46.9 Å². The lowest BCUT2D eigenvalue weighted by Gasteiger charge is -2.20. The molecular weight excluding hydrogens is 350 g/mol. The number of nitrogens with one attached hydrogen (secondary N) is 1. The molecule has 0 saturated heterocycles. The molecule has 2 nitrogen and oxygen atoms in total. The Morgan fingerprint density at radius 3 is 2.33 bits per heavy atom. The SMILES string of the molecule is CCNC(c1ccc(OCC)cc1)c1ccc(Br)c(Cl)c1. The number of rotatable bonds is 6. The fourth-order valence-corrected chi connectivity index (χ4v) is 2.68. The van der Waals surface area contributed by atoms with Gasteiger partial charge in [0.15, 0.2) is 0 Å². The minimum absolute atomic E-state index is 0.122. The lowest BCUT2D eigenvalue weighted by Crippen LogP contribution is -2.21. The zero-order valence-electron chi connectivity index (χ0n) is 12.2. The molecule has 21 heavy (non-hydrogen) atoms. The summed E-state index contributed by atoms with van der Waals surface area (Å²) in [4.78, 5) is 0. The second-order valence-corrected chi connectivity index (χ2v) is 5.93. The molecule has 2 aromatic rings. The van der Waals surface area contributed by atoms with Gasteiger partial charge in [-0.2, -0.15) is 0 Å². The van der Waals surface area contributed by atoms with E-state index in [0.717, 1.165) is 27.4 Å². The second-order valence-electron chi connectivity index (χ2n) is 4.67. The van der Waals surface area contributed by atoms with Crippen LogP contribution in [-0.2, 0) is 0 Å². The van der Waals surface area contributed by atoms with Crippen LogP contribution >= 0.6 is 27.5 Å². The quantitative estimate of drug-likeness (QED) is 0.756. The van der Waals surface area contributed by atoms with Crippen molar-refractivity contribution >= 4 is 27.5 Å². The van der Waals surface area contributed by atoms with Gasteiger partial charge in [-0.3, -0.25) is 0 Å². The number of hydrogen-bond acceptors (Lipinski definition) is 2. The summed E-state index contributed by atoms with van der Waals surface area (Å²) < 4.78 is 6.41. The lowest BCUT2D eigenvalue weighted by molar-refractivity contribution is 0.340. The van der Waals surface area contributed by atoms with Gasteiger partial charge in [0.1, 0.15) is 5.75 Å². The van der Waals surface area contributed by atoms with Gasteiger partial charge in [0.2, 0.25) is 0 Å². The van der Waals surface area contributed by atoms with E-state index < -0.39 is 0 Å². The van der Waals surface area contributed by atoms with Crippen molar-refractivity contribution in [1.29, 1.82) is 0 Å². The summed E-state index contributed by atoms with van der Waals surface area (Å²) in [6, 6.07) is 14.4. The summed E-state index contributed by atoms with van der Waals surface area (Å²) in [6.45, 7) is 5.64. The van der Waals surface area contributed by atoms with Crippen LogP contribution in [0.4, 0.5) is 0 Å². The highest BCUT2D eigenvalue weighted by atomic mass is 79.9. The molecule has 0 aliphatic heterocycles. The predicted molar refractivity (Wildman–Crippen MR) is 92.3 cm³/mol. The Kier molecular flexibility index (Phi) is 6.09. The lowest BCUT2D eigenvalue weighted by atomic mass is 9.98. The molecule has 2 rings (SSSR count). The largest absolute Gasteiger partial charge is 0.494 e. The predicted octanol–water partition coefficient (Wildman–Crippen LogP) is 5.20. The maximum atomic E-state index is 6.22. The average molecular weight is 369 g/mol. The second kappa shape index (κ2) is 7.83. The zero-order chi connectivity index (χ0) is 15.2. The molecule has 1 N–H and O–H groups in total. The maximum absolute atomic E-state index is 6.22. The first kappa shape index (κ1) is 16.3. The van der Waals surface area contributed by atoms with E-state index in [4.69, 9.17) is 16.3 Å². The molecule has 0 amide bonds. The topological polar surface area (TPSA) is 21.3 Å². The zero-order valence-corrected chi connectivity index (χ0v) is 14.5. The van der Waals surface area contributed by atoms with Crippen molar-refractivity contribution in [3.8, 4) is 5.75 Å². The third-order valence-electron chi connectivity index (χ3n) is 3.21. The van der Waals surface area contributed by atoms with Gasteiger partial charge in [0.25, 0.3) is 0 Å². The standard InChI is InChI=1S/C17H19BrClNO/c1-3-20-17(13-7-10-15(18)16(19)11-13)12-5-8-14(9-6-12)21-4-2/h5-11,17,20H,3-4H2,1-2H3. The Labute approximate surface area is 139 Å². The molecule has 0 bridgehead atoms. The summed E-state index contributed by atoms with van der Waals surface area (Å²) in [7, 11) is 0. The first-order chi connectivity index (χ1) is 10.2. The number of hydrogen-bond donors (Lipinski definition) is 1. The van der Waals surface area contributed by atoms with Gasteiger partial charge < -0.3 is 10.1 Å². The Bertz CT molecular complexity index is 586. The third kappa shape index (κ3) is 4.22. The van der Waals surface area contributed by atoms with Gasteiger partial charge in [0, 0.05) is 4.47 Å². The van der Waals surface area contributed by atoms with E-state index in [9.17, 15) is 0 Å². The van der Waals surface area contributed by atoms with Crippen LogP contribution in [-0.4, -0.2) is 13.2 Å². The summed E-state index contributed by atoms with van der Waals surface area (Å²) >= 11 is 9.65. The molecule has 0 heterocycles. The Morgan fingerprint density at radius 1 is 1.10 bits per heavy atom. The smallest absolute Gasteiger partial charge is 0.119 e. The molecule has 0 aliphatic rings. The van der Waals surface area contributed by atoms with Gasteiger partial charge in [0.05, 0.1) is 17.7 Å². The molecule has 0 spiro atoms. The highest BCUT2D eigenvalue weighted by molar-refractivity contribution is 9.10. The molecular formula is C17H19BrClNO. The van der Waals surface area contributed by atoms with Crippen molar-refractivity contribution < 1.29 is 4.74 Å². The maximum Gasteiger partial charge on any atom is 0.119 e. The molecule has 0 fully saturated rings. The van der Waals surface area contributed by atoms with Crippen molar-refractivity contribution in [3.05, 3.63) is 63.1 Å². The number of ether oxygens (including phenoxy) is 1. The van der Waals surface area contributed by atoms with Gasteiger partial charge >= 0.3 is 0 Å². The van der Waals surface area contributed by atoms with E-state index in [1.54, 1.807) is 0 Å². The molecule has 0 saturated carbocycles. The van der Waals surface area contributed by atoms with Crippen LogP contribution in [0.25, 0.3) is 0 Å². The van der Waals surface area contributed by atoms with Gasteiger partial charge in [-0.25, -0.2) is 0 Å². The van der Waals surface area contributed by atoms with Crippen LogP contribution in [0.1, 0.15) is 31.0 Å². The summed E-state index contributed by atoms with van der Waals surface area (Å²) in [5.74, 6) is 0.894. The minimum atomic E-state index is 0.122. The fraction of sp³-hybridized carbons (Fsp3) is 0.294. The van der Waals surface area contributed by atoms with Crippen LogP contribution < -0.4 is 10.1 Å². The first-order valence-corrected chi connectivity index (χ1v) is 8.23. The van der Waals surface area contributed by atoms with Gasteiger partial charge in [-0.1, -0.05) is 36.7 Å². The number of halogens is 2. The van der Waals surface area contributed by atoms with E-state index in [1.165, 1.54) is 5.56 Å². The molecule has 0 radical (unpaired) electrons. The van der Waals surface area contributed by atoms with Crippen LogP contribution in [0.3, 0.4) is 0 Å². The molecule has 2 aromatic carbocycles. The van der Waals surface area contributed by atoms with E-state index in [2.05, 4.69) is 46.4 Å². The summed E-state index contributed by atoms with van der Waals surface area (Å²) in [6.07, 6.45) is 0. The molecule has 4 heteroatoms. The summed E-state index contributed by atoms with van der Waals surface area (Å²) in [5, 5.41) is 4.22. The van der Waals surface area contributed by atoms with E-state index in [0.29, 0.717) is 6.61 Å². The van der Waals surface area contributed by atoms with Crippen molar-refractivity contribution in [2.75, 3.05) is 13.2 Å². The molecule has 0 aromatic heterocycles. The Balaban J connectivity index is 2.31. The monoisotopic (exact) mass is 367 g/mol. The van der Waals surface area contributed by atoms with E-state index in [-0.39, 0.29) is 6.04 Å². The number of benzene rings is 2. The van der Waals surface area contributed by atoms with Crippen molar-refractivity contribution in [3.63, 3.8) is 0 Å². The molecule has 112 valence electrons. The van der Waals surface area contributed by atoms with Crippen molar-refractivity contribution in [2.45, 2.75) is 19.9 Å².